The number of aryl methyl sites for hydroxylation is 2. The van der Waals surface area contributed by atoms with Crippen LogP contribution >= 0.6 is 11.6 Å². The Hall–Kier alpha value is -2.14. The molecule has 0 radical (unpaired) electrons. The number of rotatable bonds is 4. The van der Waals surface area contributed by atoms with Gasteiger partial charge in [0.05, 0.1) is 10.7 Å². The minimum absolute atomic E-state index is 0.605. The Bertz CT molecular complexity index is 781. The van der Waals surface area contributed by atoms with E-state index in [0.29, 0.717) is 10.8 Å². The molecule has 0 aliphatic carbocycles. The molecule has 3 aromatic rings. The van der Waals surface area contributed by atoms with Crippen LogP contribution in [0.4, 0.5) is 11.5 Å². The third kappa shape index (κ3) is 2.83. The smallest absolute Gasteiger partial charge is 0.254 e. The Morgan fingerprint density at radius 1 is 1.24 bits per heavy atom. The molecule has 0 fully saturated rings. The molecule has 2 aromatic heterocycles. The van der Waals surface area contributed by atoms with Crippen LogP contribution in [-0.4, -0.2) is 19.6 Å². The van der Waals surface area contributed by atoms with Gasteiger partial charge in [-0.2, -0.15) is 9.50 Å². The quantitative estimate of drug-likeness (QED) is 0.796. The lowest BCUT2D eigenvalue weighted by atomic mass is 10.3. The molecule has 2 heterocycles. The van der Waals surface area contributed by atoms with E-state index >= 15 is 0 Å². The van der Waals surface area contributed by atoms with Gasteiger partial charge in [-0.15, -0.1) is 5.10 Å². The van der Waals surface area contributed by atoms with Crippen LogP contribution < -0.4 is 5.32 Å². The first-order chi connectivity index (χ1) is 10.2. The Balaban J connectivity index is 2.06. The second kappa shape index (κ2) is 5.69. The van der Waals surface area contributed by atoms with E-state index in [4.69, 9.17) is 11.6 Å². The summed E-state index contributed by atoms with van der Waals surface area (Å²) >= 11 is 6.20. The second-order valence-corrected chi connectivity index (χ2v) is 5.28. The van der Waals surface area contributed by atoms with Gasteiger partial charge in [0.2, 0.25) is 0 Å². The fourth-order valence-corrected chi connectivity index (χ4v) is 2.33. The molecule has 0 amide bonds. The molecule has 1 N–H and O–H groups in total. The molecule has 3 rings (SSSR count). The summed E-state index contributed by atoms with van der Waals surface area (Å²) in [6, 6.07) is 9.53. The Morgan fingerprint density at radius 2 is 2.05 bits per heavy atom. The normalized spacial score (nSPS) is 11.0. The molecule has 0 spiro atoms. The zero-order chi connectivity index (χ0) is 14.8. The fourth-order valence-electron chi connectivity index (χ4n) is 2.15. The van der Waals surface area contributed by atoms with Crippen LogP contribution in [0.2, 0.25) is 5.02 Å². The van der Waals surface area contributed by atoms with E-state index in [2.05, 4.69) is 27.3 Å². The van der Waals surface area contributed by atoms with E-state index in [1.54, 1.807) is 4.52 Å². The van der Waals surface area contributed by atoms with Gasteiger partial charge in [-0.3, -0.25) is 0 Å². The molecule has 0 bridgehead atoms. The van der Waals surface area contributed by atoms with Crippen molar-refractivity contribution in [1.29, 1.82) is 0 Å². The fraction of sp³-hybridized carbons (Fsp3) is 0.267. The standard InChI is InChI=1S/C15H16ClN5/c1-3-6-13-19-15-17-10(2)9-14(21(15)20-13)18-12-8-5-4-7-11(12)16/h4-5,7-9,18H,3,6H2,1-2H3. The van der Waals surface area contributed by atoms with Crippen LogP contribution in [0.25, 0.3) is 5.78 Å². The van der Waals surface area contributed by atoms with Crippen molar-refractivity contribution >= 4 is 28.9 Å². The van der Waals surface area contributed by atoms with E-state index in [1.807, 2.05) is 37.3 Å². The number of anilines is 2. The highest BCUT2D eigenvalue weighted by atomic mass is 35.5. The molecule has 21 heavy (non-hydrogen) atoms. The summed E-state index contributed by atoms with van der Waals surface area (Å²) in [5.41, 5.74) is 1.71. The number of benzene rings is 1. The molecule has 108 valence electrons. The van der Waals surface area contributed by atoms with Gasteiger partial charge in [-0.25, -0.2) is 4.98 Å². The highest BCUT2D eigenvalue weighted by molar-refractivity contribution is 6.33. The van der Waals surface area contributed by atoms with Crippen LogP contribution in [-0.2, 0) is 6.42 Å². The van der Waals surface area contributed by atoms with Crippen molar-refractivity contribution in [3.05, 3.63) is 46.9 Å². The predicted molar refractivity (Wildman–Crippen MR) is 84.2 cm³/mol. The molecule has 5 nitrogen and oxygen atoms in total. The monoisotopic (exact) mass is 301 g/mol. The molecule has 1 aromatic carbocycles. The molecule has 0 atom stereocenters. The van der Waals surface area contributed by atoms with Gasteiger partial charge in [0.1, 0.15) is 5.82 Å². The van der Waals surface area contributed by atoms with Gasteiger partial charge in [0.15, 0.2) is 5.82 Å². The van der Waals surface area contributed by atoms with Crippen molar-refractivity contribution in [2.45, 2.75) is 26.7 Å². The summed E-state index contributed by atoms with van der Waals surface area (Å²) in [5.74, 6) is 2.21. The number of hydrogen-bond donors (Lipinski definition) is 1. The average molecular weight is 302 g/mol. The molecule has 0 saturated carbocycles. The second-order valence-electron chi connectivity index (χ2n) is 4.88. The number of aromatic nitrogens is 4. The number of hydrogen-bond acceptors (Lipinski definition) is 4. The first-order valence-electron chi connectivity index (χ1n) is 6.92. The molecule has 0 saturated heterocycles. The average Bonchev–Trinajstić information content (AvgIpc) is 2.84. The van der Waals surface area contributed by atoms with E-state index in [1.165, 1.54) is 0 Å². The minimum Gasteiger partial charge on any atom is -0.339 e. The maximum atomic E-state index is 6.20. The minimum atomic E-state index is 0.605. The van der Waals surface area contributed by atoms with E-state index in [0.717, 1.165) is 35.9 Å². The van der Waals surface area contributed by atoms with Crippen molar-refractivity contribution in [3.63, 3.8) is 0 Å². The Kier molecular flexibility index (Phi) is 3.75. The number of nitrogens with zero attached hydrogens (tertiary/aromatic N) is 4. The lowest BCUT2D eigenvalue weighted by Gasteiger charge is -2.09. The number of halogens is 1. The summed E-state index contributed by atoms with van der Waals surface area (Å²) in [5, 5.41) is 8.47. The summed E-state index contributed by atoms with van der Waals surface area (Å²) in [4.78, 5) is 8.88. The predicted octanol–water partition coefficient (Wildman–Crippen LogP) is 3.78. The first kappa shape index (κ1) is 13.8. The summed E-state index contributed by atoms with van der Waals surface area (Å²) in [6.45, 7) is 4.04. The largest absolute Gasteiger partial charge is 0.339 e. The third-order valence-electron chi connectivity index (χ3n) is 3.09. The molecular formula is C15H16ClN5. The van der Waals surface area contributed by atoms with Crippen LogP contribution in [0.1, 0.15) is 24.9 Å². The van der Waals surface area contributed by atoms with Crippen molar-refractivity contribution in [3.8, 4) is 0 Å². The SMILES string of the molecule is CCCc1nc2nc(C)cc(Nc3ccccc3Cl)n2n1. The van der Waals surface area contributed by atoms with Crippen LogP contribution in [0, 0.1) is 6.92 Å². The lowest BCUT2D eigenvalue weighted by molar-refractivity contribution is 0.819. The summed E-state index contributed by atoms with van der Waals surface area (Å²) in [7, 11) is 0. The van der Waals surface area contributed by atoms with Gasteiger partial charge in [-0.05, 0) is 25.5 Å². The van der Waals surface area contributed by atoms with Crippen LogP contribution in [0.15, 0.2) is 30.3 Å². The van der Waals surface area contributed by atoms with E-state index in [9.17, 15) is 0 Å². The van der Waals surface area contributed by atoms with Gasteiger partial charge >= 0.3 is 0 Å². The topological polar surface area (TPSA) is 55.1 Å². The highest BCUT2D eigenvalue weighted by Gasteiger charge is 2.10. The first-order valence-corrected chi connectivity index (χ1v) is 7.30. The number of para-hydroxylation sites is 1. The Morgan fingerprint density at radius 3 is 2.81 bits per heavy atom. The molecule has 6 heteroatoms. The molecule has 0 unspecified atom stereocenters. The molecule has 0 aliphatic rings. The van der Waals surface area contributed by atoms with Gasteiger partial charge < -0.3 is 5.32 Å². The highest BCUT2D eigenvalue weighted by Crippen LogP contribution is 2.25. The Labute approximate surface area is 128 Å². The zero-order valence-electron chi connectivity index (χ0n) is 12.0. The van der Waals surface area contributed by atoms with Gasteiger partial charge in [-0.1, -0.05) is 30.7 Å². The van der Waals surface area contributed by atoms with Crippen molar-refractivity contribution in [2.75, 3.05) is 5.32 Å². The van der Waals surface area contributed by atoms with E-state index in [-0.39, 0.29) is 0 Å². The van der Waals surface area contributed by atoms with Crippen molar-refractivity contribution < 1.29 is 0 Å². The third-order valence-corrected chi connectivity index (χ3v) is 3.42. The van der Waals surface area contributed by atoms with Crippen molar-refractivity contribution in [1.82, 2.24) is 19.6 Å². The van der Waals surface area contributed by atoms with Crippen LogP contribution in [0.5, 0.6) is 0 Å². The van der Waals surface area contributed by atoms with E-state index < -0.39 is 0 Å². The number of fused-ring (bicyclic) bond motifs is 1. The molecular weight excluding hydrogens is 286 g/mol. The molecule has 0 aliphatic heterocycles. The van der Waals surface area contributed by atoms with Crippen molar-refractivity contribution in [2.24, 2.45) is 0 Å². The summed E-state index contributed by atoms with van der Waals surface area (Å²) < 4.78 is 1.72. The van der Waals surface area contributed by atoms with Crippen LogP contribution in [0.3, 0.4) is 0 Å². The lowest BCUT2D eigenvalue weighted by Crippen LogP contribution is -2.03. The van der Waals surface area contributed by atoms with Gasteiger partial charge in [0, 0.05) is 18.2 Å². The van der Waals surface area contributed by atoms with Gasteiger partial charge in [0.25, 0.3) is 5.78 Å². The maximum Gasteiger partial charge on any atom is 0.254 e. The maximum absolute atomic E-state index is 6.20. The zero-order valence-corrected chi connectivity index (χ0v) is 12.7. The summed E-state index contributed by atoms with van der Waals surface area (Å²) in [6.07, 6.45) is 1.84. The number of nitrogens with one attached hydrogen (secondary N) is 1.